The van der Waals surface area contributed by atoms with Gasteiger partial charge in [-0.25, -0.2) is 9.59 Å². The molecule has 3 rings (SSSR count). The van der Waals surface area contributed by atoms with Gasteiger partial charge in [-0.15, -0.1) is 10.2 Å². The van der Waals surface area contributed by atoms with Crippen LogP contribution in [0.15, 0.2) is 40.0 Å². The van der Waals surface area contributed by atoms with E-state index in [0.717, 1.165) is 10.0 Å². The first-order chi connectivity index (χ1) is 12.1. The number of benzene rings is 1. The van der Waals surface area contributed by atoms with E-state index in [4.69, 9.17) is 4.74 Å². The summed E-state index contributed by atoms with van der Waals surface area (Å²) in [5.41, 5.74) is 1.54. The second-order valence-electron chi connectivity index (χ2n) is 5.14. The van der Waals surface area contributed by atoms with E-state index in [1.54, 1.807) is 6.92 Å². The molecule has 9 nitrogen and oxygen atoms in total. The monoisotopic (exact) mass is 406 g/mol. The van der Waals surface area contributed by atoms with Crippen molar-refractivity contribution < 1.29 is 14.3 Å². The highest BCUT2D eigenvalue weighted by atomic mass is 79.9. The molecule has 10 heteroatoms. The fraction of sp³-hybridized carbons (Fsp3) is 0.267. The van der Waals surface area contributed by atoms with Crippen molar-refractivity contribution in [2.45, 2.75) is 13.5 Å². The lowest BCUT2D eigenvalue weighted by Crippen LogP contribution is -2.45. The first-order valence-electron chi connectivity index (χ1n) is 7.54. The summed E-state index contributed by atoms with van der Waals surface area (Å²) in [4.78, 5) is 24.9. The van der Waals surface area contributed by atoms with E-state index in [2.05, 4.69) is 42.0 Å². The number of carbonyl (C=O) groups is 2. The molecule has 0 bridgehead atoms. The summed E-state index contributed by atoms with van der Waals surface area (Å²) in [6.45, 7) is 2.16. The number of carbonyl (C=O) groups excluding carboxylic acids is 2. The first-order valence-corrected chi connectivity index (χ1v) is 8.34. The summed E-state index contributed by atoms with van der Waals surface area (Å²) in [5.74, 6) is -0.0377. The van der Waals surface area contributed by atoms with Crippen molar-refractivity contribution in [3.05, 3.63) is 40.0 Å². The minimum atomic E-state index is -0.488. The number of hydrogen-bond acceptors (Lipinski definition) is 6. The van der Waals surface area contributed by atoms with Gasteiger partial charge in [-0.3, -0.25) is 0 Å². The van der Waals surface area contributed by atoms with Crippen LogP contribution in [0.2, 0.25) is 0 Å². The van der Waals surface area contributed by atoms with E-state index in [-0.39, 0.29) is 19.7 Å². The van der Waals surface area contributed by atoms with Crippen LogP contribution >= 0.6 is 15.9 Å². The van der Waals surface area contributed by atoms with Crippen molar-refractivity contribution in [2.24, 2.45) is 0 Å². The summed E-state index contributed by atoms with van der Waals surface area (Å²) in [5, 5.41) is 17.4. The fourth-order valence-electron chi connectivity index (χ4n) is 2.25. The van der Waals surface area contributed by atoms with Gasteiger partial charge in [-0.1, -0.05) is 15.9 Å². The quantitative estimate of drug-likeness (QED) is 0.722. The predicted octanol–water partition coefficient (Wildman–Crippen LogP) is 1.23. The van der Waals surface area contributed by atoms with Crippen molar-refractivity contribution in [1.82, 2.24) is 30.8 Å². The molecular weight excluding hydrogens is 392 g/mol. The van der Waals surface area contributed by atoms with Gasteiger partial charge in [0.25, 0.3) is 0 Å². The van der Waals surface area contributed by atoms with Crippen molar-refractivity contribution >= 4 is 27.9 Å². The summed E-state index contributed by atoms with van der Waals surface area (Å²) >= 11 is 3.37. The number of aromatic nitrogens is 4. The Morgan fingerprint density at radius 2 is 2.12 bits per heavy atom. The summed E-state index contributed by atoms with van der Waals surface area (Å²) < 4.78 is 5.96. The Morgan fingerprint density at radius 1 is 1.36 bits per heavy atom. The molecule has 1 aliphatic rings. The molecule has 0 aliphatic carbocycles. The molecule has 0 saturated heterocycles. The second-order valence-corrected chi connectivity index (χ2v) is 6.05. The first kappa shape index (κ1) is 17.1. The number of nitrogens with one attached hydrogen (secondary N) is 2. The Balaban J connectivity index is 1.83. The number of esters is 1. The summed E-state index contributed by atoms with van der Waals surface area (Å²) in [6.07, 6.45) is 0. The standard InChI is InChI=1S/C15H15BrN6O3/c1-2-25-14(23)11-7-17-15(24)18-12(11)8-22-20-13(19-21-22)9-3-5-10(16)6-4-9/h3-6H,2,7-8H2,1H3,(H2,17,18,24). The summed E-state index contributed by atoms with van der Waals surface area (Å²) in [6, 6.07) is 7.09. The van der Waals surface area contributed by atoms with Crippen molar-refractivity contribution in [3.8, 4) is 11.4 Å². The highest BCUT2D eigenvalue weighted by Crippen LogP contribution is 2.18. The van der Waals surface area contributed by atoms with Crippen LogP contribution in [-0.2, 0) is 16.1 Å². The fourth-order valence-corrected chi connectivity index (χ4v) is 2.51. The molecule has 0 radical (unpaired) electrons. The number of urea groups is 1. The second kappa shape index (κ2) is 7.43. The molecule has 0 spiro atoms. The van der Waals surface area contributed by atoms with Crippen LogP contribution in [0.25, 0.3) is 11.4 Å². The van der Waals surface area contributed by atoms with Crippen molar-refractivity contribution in [3.63, 3.8) is 0 Å². The number of halogens is 1. The number of amides is 2. The number of hydrogen-bond donors (Lipinski definition) is 2. The molecule has 1 aromatic heterocycles. The topological polar surface area (TPSA) is 111 Å². The number of ether oxygens (including phenoxy) is 1. The molecule has 2 amide bonds. The summed E-state index contributed by atoms with van der Waals surface area (Å²) in [7, 11) is 0. The predicted molar refractivity (Wildman–Crippen MR) is 91.1 cm³/mol. The van der Waals surface area contributed by atoms with E-state index in [9.17, 15) is 9.59 Å². The van der Waals surface area contributed by atoms with Crippen LogP contribution in [0.4, 0.5) is 4.79 Å². The van der Waals surface area contributed by atoms with Crippen LogP contribution in [0.3, 0.4) is 0 Å². The Hall–Kier alpha value is -2.75. The average Bonchev–Trinajstić information content (AvgIpc) is 3.04. The largest absolute Gasteiger partial charge is 0.463 e. The Bertz CT molecular complexity index is 830. The molecule has 0 saturated carbocycles. The molecule has 25 heavy (non-hydrogen) atoms. The smallest absolute Gasteiger partial charge is 0.337 e. The van der Waals surface area contributed by atoms with Crippen molar-refractivity contribution in [1.29, 1.82) is 0 Å². The lowest BCUT2D eigenvalue weighted by Gasteiger charge is -2.20. The third kappa shape index (κ3) is 4.02. The van der Waals surface area contributed by atoms with E-state index in [1.807, 2.05) is 24.3 Å². The lowest BCUT2D eigenvalue weighted by atomic mass is 10.1. The van der Waals surface area contributed by atoms with Gasteiger partial charge in [0.05, 0.1) is 24.4 Å². The molecule has 0 atom stereocenters. The van der Waals surface area contributed by atoms with Gasteiger partial charge in [0, 0.05) is 10.0 Å². The third-order valence-corrected chi connectivity index (χ3v) is 3.96. The molecule has 1 aliphatic heterocycles. The van der Waals surface area contributed by atoms with E-state index >= 15 is 0 Å². The minimum absolute atomic E-state index is 0.0915. The van der Waals surface area contributed by atoms with Gasteiger partial charge in [0.2, 0.25) is 5.82 Å². The van der Waals surface area contributed by atoms with Crippen LogP contribution in [0, 0.1) is 0 Å². The van der Waals surface area contributed by atoms with Crippen LogP contribution in [0.5, 0.6) is 0 Å². The molecule has 1 aromatic carbocycles. The molecular formula is C15H15BrN6O3. The number of allylic oxidation sites excluding steroid dienone is 1. The highest BCUT2D eigenvalue weighted by Gasteiger charge is 2.24. The average molecular weight is 407 g/mol. The molecule has 2 heterocycles. The van der Waals surface area contributed by atoms with Gasteiger partial charge in [0.1, 0.15) is 6.54 Å². The Morgan fingerprint density at radius 3 is 2.84 bits per heavy atom. The number of rotatable bonds is 5. The van der Waals surface area contributed by atoms with Crippen LogP contribution in [0.1, 0.15) is 6.92 Å². The maximum Gasteiger partial charge on any atom is 0.337 e. The van der Waals surface area contributed by atoms with Crippen LogP contribution < -0.4 is 10.6 Å². The molecule has 0 unspecified atom stereocenters. The normalized spacial score (nSPS) is 14.1. The van der Waals surface area contributed by atoms with Gasteiger partial charge in [-0.2, -0.15) is 4.80 Å². The van der Waals surface area contributed by atoms with Gasteiger partial charge in [-0.05, 0) is 36.4 Å². The highest BCUT2D eigenvalue weighted by molar-refractivity contribution is 9.10. The zero-order chi connectivity index (χ0) is 17.8. The third-order valence-electron chi connectivity index (χ3n) is 3.43. The van der Waals surface area contributed by atoms with Gasteiger partial charge >= 0.3 is 12.0 Å². The van der Waals surface area contributed by atoms with E-state index < -0.39 is 12.0 Å². The Kier molecular flexibility index (Phi) is 5.08. The zero-order valence-corrected chi connectivity index (χ0v) is 14.9. The maximum atomic E-state index is 12.0. The van der Waals surface area contributed by atoms with Gasteiger partial charge < -0.3 is 15.4 Å². The minimum Gasteiger partial charge on any atom is -0.463 e. The SMILES string of the molecule is CCOC(=O)C1=C(Cn2nnc(-c3ccc(Br)cc3)n2)NC(=O)NC1. The zero-order valence-electron chi connectivity index (χ0n) is 13.3. The van der Waals surface area contributed by atoms with Crippen LogP contribution in [-0.4, -0.2) is 45.4 Å². The number of tetrazole rings is 1. The van der Waals surface area contributed by atoms with E-state index in [1.165, 1.54) is 4.80 Å². The molecule has 2 N–H and O–H groups in total. The molecule has 0 fully saturated rings. The Labute approximate surface area is 151 Å². The van der Waals surface area contributed by atoms with Crippen molar-refractivity contribution in [2.75, 3.05) is 13.2 Å². The van der Waals surface area contributed by atoms with Gasteiger partial charge in [0.15, 0.2) is 0 Å². The number of nitrogens with zero attached hydrogens (tertiary/aromatic N) is 4. The molecule has 2 aromatic rings. The maximum absolute atomic E-state index is 12.0. The molecule has 130 valence electrons. The van der Waals surface area contributed by atoms with E-state index in [0.29, 0.717) is 17.1 Å². The lowest BCUT2D eigenvalue weighted by molar-refractivity contribution is -0.138.